The fraction of sp³-hybridized carbons (Fsp3) is 0.941. The van der Waals surface area contributed by atoms with Gasteiger partial charge in [-0.05, 0) is 25.7 Å². The lowest BCUT2D eigenvalue weighted by molar-refractivity contribution is -0.127. The zero-order valence-corrected chi connectivity index (χ0v) is 15.0. The first-order valence-electron chi connectivity index (χ1n) is 9.05. The number of halogens is 1. The molecule has 0 radical (unpaired) electrons. The first-order valence-corrected chi connectivity index (χ1v) is 9.05. The quantitative estimate of drug-likeness (QED) is 0.815. The predicted octanol–water partition coefficient (Wildman–Crippen LogP) is 1.83. The van der Waals surface area contributed by atoms with E-state index in [0.29, 0.717) is 0 Å². The van der Waals surface area contributed by atoms with Crippen LogP contribution in [0.25, 0.3) is 0 Å². The van der Waals surface area contributed by atoms with Crippen molar-refractivity contribution in [2.45, 2.75) is 68.9 Å². The van der Waals surface area contributed by atoms with Gasteiger partial charge in [0.25, 0.3) is 0 Å². The normalized spacial score (nSPS) is 27.2. The van der Waals surface area contributed by atoms with Gasteiger partial charge in [-0.25, -0.2) is 0 Å². The van der Waals surface area contributed by atoms with E-state index in [9.17, 15) is 4.79 Å². The van der Waals surface area contributed by atoms with Crippen molar-refractivity contribution in [3.8, 4) is 0 Å². The van der Waals surface area contributed by atoms with Crippen LogP contribution in [0.3, 0.4) is 0 Å². The van der Waals surface area contributed by atoms with E-state index in [1.165, 1.54) is 32.1 Å². The van der Waals surface area contributed by atoms with E-state index in [-0.39, 0.29) is 23.9 Å². The third-order valence-electron chi connectivity index (χ3n) is 5.99. The first-order chi connectivity index (χ1) is 10.6. The molecule has 1 saturated heterocycles. The average molecular weight is 346 g/mol. The molecular formula is C17H32ClN3O2. The Morgan fingerprint density at radius 1 is 1.00 bits per heavy atom. The number of carbonyl (C=O) groups excluding carboxylic acids is 1. The molecule has 3 N–H and O–H groups in total. The number of nitrogens with one attached hydrogen (secondary N) is 1. The van der Waals surface area contributed by atoms with E-state index in [1.54, 1.807) is 0 Å². The molecule has 23 heavy (non-hydrogen) atoms. The molecule has 0 atom stereocenters. The fourth-order valence-electron chi connectivity index (χ4n) is 4.51. The van der Waals surface area contributed by atoms with Crippen LogP contribution >= 0.6 is 12.4 Å². The number of carbonyl (C=O) groups is 1. The van der Waals surface area contributed by atoms with Crippen molar-refractivity contribution in [3.63, 3.8) is 0 Å². The standard InChI is InChI=1S/C17H31N3O2.ClH/c18-17(8-4-5-9-17)15(21)19-14-16(6-2-1-3-7-16)20-10-12-22-13-11-20;/h1-14,18H2,(H,19,21);1H. The van der Waals surface area contributed by atoms with Gasteiger partial charge in [-0.2, -0.15) is 0 Å². The second kappa shape index (κ2) is 8.15. The molecule has 134 valence electrons. The van der Waals surface area contributed by atoms with E-state index in [1.807, 2.05) is 0 Å². The van der Waals surface area contributed by atoms with Gasteiger partial charge in [0, 0.05) is 25.2 Å². The lowest BCUT2D eigenvalue weighted by Gasteiger charge is -2.48. The summed E-state index contributed by atoms with van der Waals surface area (Å²) >= 11 is 0. The van der Waals surface area contributed by atoms with Crippen LogP contribution in [0.2, 0.25) is 0 Å². The second-order valence-electron chi connectivity index (χ2n) is 7.43. The van der Waals surface area contributed by atoms with Gasteiger partial charge in [0.05, 0.1) is 18.8 Å². The Labute approximate surface area is 146 Å². The molecule has 0 bridgehead atoms. The summed E-state index contributed by atoms with van der Waals surface area (Å²) < 4.78 is 5.51. The maximum absolute atomic E-state index is 12.6. The SMILES string of the molecule is Cl.NC1(C(=O)NCC2(N3CCOCC3)CCCCC2)CCCC1. The molecule has 0 aromatic carbocycles. The Bertz CT molecular complexity index is 387. The zero-order chi connectivity index (χ0) is 15.5. The van der Waals surface area contributed by atoms with Crippen molar-refractivity contribution in [2.24, 2.45) is 5.73 Å². The number of ether oxygens (including phenoxy) is 1. The zero-order valence-electron chi connectivity index (χ0n) is 14.1. The van der Waals surface area contributed by atoms with Gasteiger partial charge in [-0.3, -0.25) is 9.69 Å². The summed E-state index contributed by atoms with van der Waals surface area (Å²) in [6, 6.07) is 0. The monoisotopic (exact) mass is 345 g/mol. The van der Waals surface area contributed by atoms with Crippen LogP contribution in [-0.4, -0.2) is 54.7 Å². The van der Waals surface area contributed by atoms with Crippen molar-refractivity contribution >= 4 is 18.3 Å². The summed E-state index contributed by atoms with van der Waals surface area (Å²) in [5.41, 5.74) is 5.82. The highest BCUT2D eigenvalue weighted by Crippen LogP contribution is 2.34. The lowest BCUT2D eigenvalue weighted by Crippen LogP contribution is -2.62. The van der Waals surface area contributed by atoms with Crippen molar-refractivity contribution in [1.29, 1.82) is 0 Å². The summed E-state index contributed by atoms with van der Waals surface area (Å²) in [5, 5.41) is 3.23. The van der Waals surface area contributed by atoms with E-state index < -0.39 is 5.54 Å². The van der Waals surface area contributed by atoms with Gasteiger partial charge in [-0.1, -0.05) is 32.1 Å². The number of rotatable bonds is 4. The summed E-state index contributed by atoms with van der Waals surface area (Å²) in [4.78, 5) is 15.1. The van der Waals surface area contributed by atoms with Gasteiger partial charge in [-0.15, -0.1) is 12.4 Å². The molecule has 0 spiro atoms. The Morgan fingerprint density at radius 3 is 2.17 bits per heavy atom. The molecule has 3 fully saturated rings. The number of hydrogen-bond donors (Lipinski definition) is 2. The first kappa shape index (κ1) is 19.0. The van der Waals surface area contributed by atoms with Gasteiger partial charge < -0.3 is 15.8 Å². The number of amides is 1. The maximum atomic E-state index is 12.6. The molecular weight excluding hydrogens is 314 g/mol. The average Bonchev–Trinajstić information content (AvgIpc) is 3.02. The van der Waals surface area contributed by atoms with Crippen LogP contribution in [0.5, 0.6) is 0 Å². The van der Waals surface area contributed by atoms with E-state index in [0.717, 1.165) is 58.5 Å². The molecule has 1 amide bonds. The van der Waals surface area contributed by atoms with E-state index in [2.05, 4.69) is 10.2 Å². The van der Waals surface area contributed by atoms with Gasteiger partial charge in [0.15, 0.2) is 0 Å². The van der Waals surface area contributed by atoms with Crippen LogP contribution in [0, 0.1) is 0 Å². The molecule has 5 nitrogen and oxygen atoms in total. The minimum atomic E-state index is -0.610. The minimum absolute atomic E-state index is 0. The molecule has 2 aliphatic carbocycles. The van der Waals surface area contributed by atoms with Crippen LogP contribution in [0.4, 0.5) is 0 Å². The molecule has 3 aliphatic rings. The highest BCUT2D eigenvalue weighted by molar-refractivity contribution is 5.86. The Balaban J connectivity index is 0.00000192. The van der Waals surface area contributed by atoms with Crippen LogP contribution in [0.1, 0.15) is 57.8 Å². The molecule has 0 aromatic rings. The highest BCUT2D eigenvalue weighted by Gasteiger charge is 2.41. The molecule has 0 aromatic heterocycles. The van der Waals surface area contributed by atoms with Gasteiger partial charge >= 0.3 is 0 Å². The Hall–Kier alpha value is -0.360. The van der Waals surface area contributed by atoms with Crippen molar-refractivity contribution in [1.82, 2.24) is 10.2 Å². The topological polar surface area (TPSA) is 67.6 Å². The van der Waals surface area contributed by atoms with E-state index in [4.69, 9.17) is 10.5 Å². The highest BCUT2D eigenvalue weighted by atomic mass is 35.5. The second-order valence-corrected chi connectivity index (χ2v) is 7.43. The lowest BCUT2D eigenvalue weighted by atomic mass is 9.79. The van der Waals surface area contributed by atoms with Crippen molar-refractivity contribution in [3.05, 3.63) is 0 Å². The third-order valence-corrected chi connectivity index (χ3v) is 5.99. The number of nitrogens with two attached hydrogens (primary N) is 1. The van der Waals surface area contributed by atoms with Crippen LogP contribution < -0.4 is 11.1 Å². The molecule has 6 heteroatoms. The molecule has 2 saturated carbocycles. The van der Waals surface area contributed by atoms with Crippen LogP contribution in [-0.2, 0) is 9.53 Å². The van der Waals surface area contributed by atoms with Gasteiger partial charge in [0.1, 0.15) is 0 Å². The fourth-order valence-corrected chi connectivity index (χ4v) is 4.51. The third kappa shape index (κ3) is 4.19. The molecule has 1 aliphatic heterocycles. The minimum Gasteiger partial charge on any atom is -0.379 e. The number of morpholine rings is 1. The van der Waals surface area contributed by atoms with Crippen molar-refractivity contribution in [2.75, 3.05) is 32.8 Å². The predicted molar refractivity (Wildman–Crippen MR) is 93.9 cm³/mol. The molecule has 1 heterocycles. The summed E-state index contributed by atoms with van der Waals surface area (Å²) in [6.07, 6.45) is 10.1. The smallest absolute Gasteiger partial charge is 0.240 e. The summed E-state index contributed by atoms with van der Waals surface area (Å²) in [5.74, 6) is 0.0724. The Kier molecular flexibility index (Phi) is 6.72. The van der Waals surface area contributed by atoms with E-state index >= 15 is 0 Å². The molecule has 3 rings (SSSR count). The van der Waals surface area contributed by atoms with Crippen molar-refractivity contribution < 1.29 is 9.53 Å². The Morgan fingerprint density at radius 2 is 1.57 bits per heavy atom. The summed E-state index contributed by atoms with van der Waals surface area (Å²) in [7, 11) is 0. The molecule has 0 unspecified atom stereocenters. The largest absolute Gasteiger partial charge is 0.379 e. The van der Waals surface area contributed by atoms with Crippen LogP contribution in [0.15, 0.2) is 0 Å². The summed E-state index contributed by atoms with van der Waals surface area (Å²) in [6.45, 7) is 4.37. The number of nitrogens with zero attached hydrogens (tertiary/aromatic N) is 1. The maximum Gasteiger partial charge on any atom is 0.240 e. The number of hydrogen-bond acceptors (Lipinski definition) is 4. The van der Waals surface area contributed by atoms with Gasteiger partial charge in [0.2, 0.25) is 5.91 Å².